The Hall–Kier alpha value is -2.72. The van der Waals surface area contributed by atoms with Crippen molar-refractivity contribution in [3.63, 3.8) is 0 Å². The van der Waals surface area contributed by atoms with E-state index in [1.54, 1.807) is 11.3 Å². The molecule has 0 spiro atoms. The second-order valence-corrected chi connectivity index (χ2v) is 8.33. The number of hydrogen-bond donors (Lipinski definition) is 0. The van der Waals surface area contributed by atoms with Gasteiger partial charge in [-0.05, 0) is 18.4 Å². The van der Waals surface area contributed by atoms with E-state index in [1.807, 2.05) is 0 Å². The van der Waals surface area contributed by atoms with Crippen LogP contribution >= 0.6 is 11.3 Å². The van der Waals surface area contributed by atoms with Gasteiger partial charge in [0.2, 0.25) is 5.13 Å². The van der Waals surface area contributed by atoms with Gasteiger partial charge in [0.05, 0.1) is 17.1 Å². The number of nitrogens with zero attached hydrogens (tertiary/aromatic N) is 3. The number of fused-ring (bicyclic) bond motifs is 3. The van der Waals surface area contributed by atoms with Crippen molar-refractivity contribution in [1.29, 1.82) is 0 Å². The van der Waals surface area contributed by atoms with E-state index in [0.29, 0.717) is 5.92 Å². The molecule has 2 aromatic carbocycles. The molecule has 0 saturated heterocycles. The Morgan fingerprint density at radius 1 is 1.04 bits per heavy atom. The van der Waals surface area contributed by atoms with Gasteiger partial charge >= 0.3 is 0 Å². The van der Waals surface area contributed by atoms with Crippen LogP contribution < -0.4 is 0 Å². The number of aryl methyl sites for hydroxylation is 1. The van der Waals surface area contributed by atoms with Gasteiger partial charge < -0.3 is 0 Å². The lowest BCUT2D eigenvalue weighted by atomic mass is 10.0. The summed E-state index contributed by atoms with van der Waals surface area (Å²) in [5.74, 6) is 0.394. The van der Waals surface area contributed by atoms with Crippen molar-refractivity contribution in [3.05, 3.63) is 76.3 Å². The highest BCUT2D eigenvalue weighted by molar-refractivity contribution is 7.12. The van der Waals surface area contributed by atoms with E-state index >= 15 is 0 Å². The summed E-state index contributed by atoms with van der Waals surface area (Å²) in [6, 6.07) is 17.2. The van der Waals surface area contributed by atoms with Gasteiger partial charge in [-0.15, -0.1) is 11.3 Å². The first-order valence-corrected chi connectivity index (χ1v) is 10.2. The average molecular weight is 372 g/mol. The van der Waals surface area contributed by atoms with Crippen LogP contribution in [0, 0.1) is 6.92 Å². The van der Waals surface area contributed by atoms with Crippen molar-refractivity contribution >= 4 is 11.3 Å². The van der Waals surface area contributed by atoms with Crippen LogP contribution in [0.15, 0.2) is 53.9 Å². The van der Waals surface area contributed by atoms with Crippen LogP contribution in [0.25, 0.3) is 27.6 Å². The molecule has 0 atom stereocenters. The molecule has 1 aliphatic carbocycles. The molecule has 0 amide bonds. The van der Waals surface area contributed by atoms with Crippen molar-refractivity contribution in [1.82, 2.24) is 14.8 Å². The van der Waals surface area contributed by atoms with Crippen LogP contribution in [0.5, 0.6) is 0 Å². The molecule has 0 radical (unpaired) electrons. The molecule has 0 saturated carbocycles. The SMILES string of the molecule is Cc1ccc(-c2csc(-n3nc(C(C)C)c4c3-c3ccccc3C4)n2)cc1. The van der Waals surface area contributed by atoms with Crippen LogP contribution in [-0.2, 0) is 6.42 Å². The molecule has 4 aromatic rings. The third-order valence-electron chi connectivity index (χ3n) is 5.22. The number of hydrogen-bond acceptors (Lipinski definition) is 3. The molecule has 27 heavy (non-hydrogen) atoms. The summed E-state index contributed by atoms with van der Waals surface area (Å²) in [6.07, 6.45) is 0.967. The normalized spacial score (nSPS) is 12.4. The maximum Gasteiger partial charge on any atom is 0.211 e. The number of benzene rings is 2. The van der Waals surface area contributed by atoms with Crippen molar-refractivity contribution < 1.29 is 0 Å². The maximum absolute atomic E-state index is 4.99. The van der Waals surface area contributed by atoms with E-state index < -0.39 is 0 Å². The smallest absolute Gasteiger partial charge is 0.211 e. The van der Waals surface area contributed by atoms with Crippen molar-refractivity contribution in [3.8, 4) is 27.6 Å². The van der Waals surface area contributed by atoms with E-state index in [1.165, 1.54) is 33.6 Å². The Morgan fingerprint density at radius 3 is 2.59 bits per heavy atom. The van der Waals surface area contributed by atoms with Gasteiger partial charge in [0.15, 0.2) is 0 Å². The van der Waals surface area contributed by atoms with Crippen LogP contribution in [-0.4, -0.2) is 14.8 Å². The van der Waals surface area contributed by atoms with E-state index in [0.717, 1.165) is 22.8 Å². The summed E-state index contributed by atoms with van der Waals surface area (Å²) in [5.41, 5.74) is 9.87. The minimum Gasteiger partial charge on any atom is -0.218 e. The largest absolute Gasteiger partial charge is 0.218 e. The second-order valence-electron chi connectivity index (χ2n) is 7.49. The Morgan fingerprint density at radius 2 is 1.81 bits per heavy atom. The molecule has 3 nitrogen and oxygen atoms in total. The molecule has 0 aliphatic heterocycles. The van der Waals surface area contributed by atoms with Crippen LogP contribution in [0.1, 0.15) is 42.1 Å². The molecule has 2 aromatic heterocycles. The fraction of sp³-hybridized carbons (Fsp3) is 0.217. The van der Waals surface area contributed by atoms with Gasteiger partial charge in [-0.2, -0.15) is 5.10 Å². The number of aromatic nitrogens is 3. The van der Waals surface area contributed by atoms with Gasteiger partial charge in [0.25, 0.3) is 0 Å². The lowest BCUT2D eigenvalue weighted by Crippen LogP contribution is -2.00. The molecule has 1 aliphatic rings. The minimum atomic E-state index is 0.394. The standard InChI is InChI=1S/C23H21N3S/c1-14(2)21-19-12-17-6-4-5-7-18(17)22(19)26(25-21)23-24-20(13-27-23)16-10-8-15(3)9-11-16/h4-11,13-14H,12H2,1-3H3. The topological polar surface area (TPSA) is 30.7 Å². The molecular formula is C23H21N3S. The minimum absolute atomic E-state index is 0.394. The molecule has 134 valence electrons. The van der Waals surface area contributed by atoms with E-state index in [-0.39, 0.29) is 0 Å². The summed E-state index contributed by atoms with van der Waals surface area (Å²) in [6.45, 7) is 6.54. The fourth-order valence-electron chi connectivity index (χ4n) is 3.83. The summed E-state index contributed by atoms with van der Waals surface area (Å²) in [5, 5.41) is 8.05. The van der Waals surface area contributed by atoms with E-state index in [9.17, 15) is 0 Å². The Labute approximate surface area is 163 Å². The van der Waals surface area contributed by atoms with Crippen molar-refractivity contribution in [2.24, 2.45) is 0 Å². The quantitative estimate of drug-likeness (QED) is 0.389. The molecular weight excluding hydrogens is 350 g/mol. The highest BCUT2D eigenvalue weighted by Gasteiger charge is 2.29. The zero-order valence-electron chi connectivity index (χ0n) is 15.7. The average Bonchev–Trinajstić information content (AvgIpc) is 3.36. The van der Waals surface area contributed by atoms with Crippen molar-refractivity contribution in [2.75, 3.05) is 0 Å². The Balaban J connectivity index is 1.65. The van der Waals surface area contributed by atoms with Crippen molar-refractivity contribution in [2.45, 2.75) is 33.1 Å². The second kappa shape index (κ2) is 6.17. The number of rotatable bonds is 3. The third-order valence-corrected chi connectivity index (χ3v) is 6.04. The van der Waals surface area contributed by atoms with Gasteiger partial charge in [-0.1, -0.05) is 67.9 Å². The lowest BCUT2D eigenvalue weighted by Gasteiger charge is -2.05. The lowest BCUT2D eigenvalue weighted by molar-refractivity contribution is 0.761. The zero-order valence-corrected chi connectivity index (χ0v) is 16.5. The Bertz CT molecular complexity index is 1130. The van der Waals surface area contributed by atoms with Crippen LogP contribution in [0.2, 0.25) is 0 Å². The molecule has 0 unspecified atom stereocenters. The predicted octanol–water partition coefficient (Wildman–Crippen LogP) is 6.00. The Kier molecular flexibility index (Phi) is 3.76. The highest BCUT2D eigenvalue weighted by atomic mass is 32.1. The molecule has 2 heterocycles. The van der Waals surface area contributed by atoms with E-state index in [4.69, 9.17) is 10.1 Å². The van der Waals surface area contributed by atoms with Crippen LogP contribution in [0.3, 0.4) is 0 Å². The molecule has 0 bridgehead atoms. The molecule has 5 rings (SSSR count). The zero-order chi connectivity index (χ0) is 18.5. The first-order valence-electron chi connectivity index (χ1n) is 9.35. The maximum atomic E-state index is 4.99. The van der Waals surface area contributed by atoms with Gasteiger partial charge in [0, 0.05) is 28.5 Å². The van der Waals surface area contributed by atoms with Gasteiger partial charge in [0.1, 0.15) is 0 Å². The first kappa shape index (κ1) is 16.5. The highest BCUT2D eigenvalue weighted by Crippen LogP contribution is 2.42. The summed E-state index contributed by atoms with van der Waals surface area (Å²) in [4.78, 5) is 4.92. The van der Waals surface area contributed by atoms with Crippen LogP contribution in [0.4, 0.5) is 0 Å². The fourth-order valence-corrected chi connectivity index (χ4v) is 4.62. The summed E-state index contributed by atoms with van der Waals surface area (Å²) < 4.78 is 2.07. The predicted molar refractivity (Wildman–Crippen MR) is 112 cm³/mol. The molecule has 4 heteroatoms. The first-order chi connectivity index (χ1) is 13.1. The monoisotopic (exact) mass is 371 g/mol. The van der Waals surface area contributed by atoms with E-state index in [2.05, 4.69) is 79.4 Å². The number of thiazole rings is 1. The third kappa shape index (κ3) is 2.63. The molecule has 0 fully saturated rings. The van der Waals surface area contributed by atoms with Gasteiger partial charge in [-0.25, -0.2) is 9.67 Å². The summed E-state index contributed by atoms with van der Waals surface area (Å²) >= 11 is 1.66. The van der Waals surface area contributed by atoms with Gasteiger partial charge in [-0.3, -0.25) is 0 Å². The molecule has 0 N–H and O–H groups in total. The summed E-state index contributed by atoms with van der Waals surface area (Å²) in [7, 11) is 0.